The van der Waals surface area contributed by atoms with Gasteiger partial charge in [0.2, 0.25) is 5.91 Å². The summed E-state index contributed by atoms with van der Waals surface area (Å²) in [5, 5.41) is 12.8. The number of thiophene rings is 1. The molecule has 7 nitrogen and oxygen atoms in total. The molecular weight excluding hydrogens is 442 g/mol. The Morgan fingerprint density at radius 3 is 2.58 bits per heavy atom. The Bertz CT molecular complexity index is 1260. The van der Waals surface area contributed by atoms with E-state index in [0.29, 0.717) is 34.1 Å². The van der Waals surface area contributed by atoms with Crippen LogP contribution >= 0.6 is 11.3 Å². The fourth-order valence-corrected chi connectivity index (χ4v) is 5.13. The van der Waals surface area contributed by atoms with Crippen molar-refractivity contribution in [2.24, 2.45) is 0 Å². The van der Waals surface area contributed by atoms with Crippen LogP contribution in [0.25, 0.3) is 11.1 Å². The van der Waals surface area contributed by atoms with Crippen molar-refractivity contribution in [2.45, 2.75) is 12.3 Å². The Balaban J connectivity index is 1.85. The van der Waals surface area contributed by atoms with Crippen molar-refractivity contribution in [1.29, 1.82) is 0 Å². The van der Waals surface area contributed by atoms with Gasteiger partial charge < -0.3 is 24.6 Å². The van der Waals surface area contributed by atoms with Gasteiger partial charge in [0.1, 0.15) is 17.2 Å². The summed E-state index contributed by atoms with van der Waals surface area (Å²) in [7, 11) is 3.09. The molecule has 3 aromatic rings. The third kappa shape index (κ3) is 4.23. The zero-order chi connectivity index (χ0) is 23.5. The van der Waals surface area contributed by atoms with Crippen molar-refractivity contribution in [1.82, 2.24) is 0 Å². The molecule has 1 atom stereocenters. The van der Waals surface area contributed by atoms with E-state index in [4.69, 9.17) is 20.6 Å². The van der Waals surface area contributed by atoms with Crippen molar-refractivity contribution < 1.29 is 28.9 Å². The number of carboxylic acids is 1. The average Bonchev–Trinajstić information content (AvgIpc) is 3.21. The summed E-state index contributed by atoms with van der Waals surface area (Å²) in [6, 6.07) is 12.5. The van der Waals surface area contributed by atoms with E-state index >= 15 is 0 Å². The summed E-state index contributed by atoms with van der Waals surface area (Å²) in [5.74, 6) is 2.47. The minimum absolute atomic E-state index is 0.0694. The minimum Gasteiger partial charge on any atom is -0.497 e. The van der Waals surface area contributed by atoms with Gasteiger partial charge >= 0.3 is 5.97 Å². The van der Waals surface area contributed by atoms with E-state index in [2.05, 4.69) is 11.2 Å². The van der Waals surface area contributed by atoms with Gasteiger partial charge in [-0.25, -0.2) is 4.79 Å². The van der Waals surface area contributed by atoms with E-state index < -0.39 is 5.97 Å². The van der Waals surface area contributed by atoms with Crippen LogP contribution in [0.4, 0.5) is 5.69 Å². The summed E-state index contributed by atoms with van der Waals surface area (Å²) in [6.45, 7) is 0.0694. The first-order chi connectivity index (χ1) is 16.0. The predicted octanol–water partition coefficient (Wildman–Crippen LogP) is 4.62. The Morgan fingerprint density at radius 1 is 1.18 bits per heavy atom. The molecule has 1 aliphatic rings. The molecule has 0 saturated carbocycles. The standard InChI is InChI=1S/C25H21NO6S/c1-4-11-32-19-12-15(7-10-18(19)31-3)17-13-20(27)26-22-21(24(25(28)29)33-23(17)22)14-5-8-16(30-2)9-6-14/h1,5-10,12,17H,11,13H2,2-3H3,(H,26,27)(H,28,29)/t17-/m0/s1. The molecule has 4 rings (SSSR count). The number of methoxy groups -OCH3 is 2. The molecule has 2 heterocycles. The van der Waals surface area contributed by atoms with Crippen molar-refractivity contribution in [2.75, 3.05) is 26.1 Å². The number of fused-ring (bicyclic) bond motifs is 1. The lowest BCUT2D eigenvalue weighted by Crippen LogP contribution is -2.22. The molecule has 0 fully saturated rings. The van der Waals surface area contributed by atoms with Crippen LogP contribution in [-0.2, 0) is 4.79 Å². The topological polar surface area (TPSA) is 94.1 Å². The molecule has 33 heavy (non-hydrogen) atoms. The number of amides is 1. The molecule has 2 N–H and O–H groups in total. The molecule has 1 amide bonds. The third-order valence-corrected chi connectivity index (χ3v) is 6.67. The SMILES string of the molecule is C#CCOc1cc([C@@H]2CC(=O)Nc3c2sc(C(=O)O)c3-c2ccc(OC)cc2)ccc1OC. The number of rotatable bonds is 7. The van der Waals surface area contributed by atoms with Gasteiger partial charge in [0.15, 0.2) is 11.5 Å². The molecule has 0 spiro atoms. The molecule has 2 aromatic carbocycles. The van der Waals surface area contributed by atoms with Gasteiger partial charge in [-0.3, -0.25) is 4.79 Å². The number of carboxylic acid groups (broad SMARTS) is 1. The number of anilines is 1. The van der Waals surface area contributed by atoms with Crippen molar-refractivity contribution in [3.63, 3.8) is 0 Å². The van der Waals surface area contributed by atoms with Crippen molar-refractivity contribution in [3.05, 3.63) is 57.8 Å². The van der Waals surface area contributed by atoms with Crippen LogP contribution in [0.3, 0.4) is 0 Å². The van der Waals surface area contributed by atoms with Gasteiger partial charge in [-0.1, -0.05) is 24.1 Å². The largest absolute Gasteiger partial charge is 0.497 e. The van der Waals surface area contributed by atoms with Crippen LogP contribution in [-0.4, -0.2) is 37.8 Å². The van der Waals surface area contributed by atoms with E-state index in [-0.39, 0.29) is 29.7 Å². The predicted molar refractivity (Wildman–Crippen MR) is 126 cm³/mol. The second kappa shape index (κ2) is 9.27. The van der Waals surface area contributed by atoms with Crippen LogP contribution in [0, 0.1) is 12.3 Å². The smallest absolute Gasteiger partial charge is 0.346 e. The number of hydrogen-bond donors (Lipinski definition) is 2. The molecule has 1 aliphatic heterocycles. The van der Waals surface area contributed by atoms with E-state index in [1.54, 1.807) is 43.5 Å². The van der Waals surface area contributed by atoms with Crippen LogP contribution in [0.2, 0.25) is 0 Å². The summed E-state index contributed by atoms with van der Waals surface area (Å²) in [4.78, 5) is 25.8. The molecular formula is C25H21NO6S. The first kappa shape index (κ1) is 22.2. The highest BCUT2D eigenvalue weighted by Crippen LogP contribution is 2.50. The van der Waals surface area contributed by atoms with Gasteiger partial charge in [-0.2, -0.15) is 0 Å². The van der Waals surface area contributed by atoms with E-state index in [1.165, 1.54) is 7.11 Å². The molecule has 0 unspecified atom stereocenters. The van der Waals surface area contributed by atoms with Crippen LogP contribution in [0.1, 0.15) is 32.5 Å². The Kier molecular flexibility index (Phi) is 6.24. The third-order valence-electron chi connectivity index (χ3n) is 5.38. The summed E-state index contributed by atoms with van der Waals surface area (Å²) < 4.78 is 16.2. The van der Waals surface area contributed by atoms with E-state index in [1.807, 2.05) is 6.07 Å². The Hall–Kier alpha value is -3.96. The molecule has 0 bridgehead atoms. The van der Waals surface area contributed by atoms with Gasteiger partial charge in [0.25, 0.3) is 0 Å². The van der Waals surface area contributed by atoms with Gasteiger partial charge in [0, 0.05) is 22.8 Å². The number of terminal acetylenes is 1. The van der Waals surface area contributed by atoms with Crippen LogP contribution in [0.5, 0.6) is 17.2 Å². The average molecular weight is 464 g/mol. The summed E-state index contributed by atoms with van der Waals surface area (Å²) in [5.41, 5.74) is 2.49. The maximum Gasteiger partial charge on any atom is 0.346 e. The first-order valence-corrected chi connectivity index (χ1v) is 10.9. The molecule has 8 heteroatoms. The highest BCUT2D eigenvalue weighted by atomic mass is 32.1. The Morgan fingerprint density at radius 2 is 1.94 bits per heavy atom. The number of hydrogen-bond acceptors (Lipinski definition) is 6. The zero-order valence-electron chi connectivity index (χ0n) is 18.0. The quantitative estimate of drug-likeness (QED) is 0.497. The van der Waals surface area contributed by atoms with Gasteiger partial charge in [0.05, 0.1) is 19.9 Å². The zero-order valence-corrected chi connectivity index (χ0v) is 18.8. The van der Waals surface area contributed by atoms with Crippen LogP contribution < -0.4 is 19.5 Å². The number of ether oxygens (including phenoxy) is 3. The lowest BCUT2D eigenvalue weighted by molar-refractivity contribution is -0.116. The minimum atomic E-state index is -1.05. The lowest BCUT2D eigenvalue weighted by atomic mass is 9.88. The fourth-order valence-electron chi connectivity index (χ4n) is 3.88. The monoisotopic (exact) mass is 463 g/mol. The molecule has 0 radical (unpaired) electrons. The molecule has 168 valence electrons. The number of carbonyl (C=O) groups excluding carboxylic acids is 1. The normalized spacial score (nSPS) is 14.6. The van der Waals surface area contributed by atoms with Crippen molar-refractivity contribution >= 4 is 28.9 Å². The van der Waals surface area contributed by atoms with Gasteiger partial charge in [-0.05, 0) is 35.4 Å². The maximum absolute atomic E-state index is 12.7. The Labute approximate surface area is 194 Å². The van der Waals surface area contributed by atoms with E-state index in [9.17, 15) is 14.7 Å². The number of nitrogens with one attached hydrogen (secondary N) is 1. The lowest BCUT2D eigenvalue weighted by Gasteiger charge is -2.24. The highest BCUT2D eigenvalue weighted by Gasteiger charge is 2.34. The second-order valence-corrected chi connectivity index (χ2v) is 8.34. The van der Waals surface area contributed by atoms with E-state index in [0.717, 1.165) is 21.8 Å². The molecule has 1 aromatic heterocycles. The molecule has 0 saturated heterocycles. The number of carbonyl (C=O) groups is 2. The van der Waals surface area contributed by atoms with Gasteiger partial charge in [-0.15, -0.1) is 17.8 Å². The number of benzene rings is 2. The summed E-state index contributed by atoms with van der Waals surface area (Å²) >= 11 is 1.16. The van der Waals surface area contributed by atoms with Crippen molar-refractivity contribution in [3.8, 4) is 40.7 Å². The maximum atomic E-state index is 12.7. The first-order valence-electron chi connectivity index (χ1n) is 10.0. The summed E-state index contributed by atoms with van der Waals surface area (Å²) in [6.07, 6.45) is 5.50. The molecule has 0 aliphatic carbocycles. The fraction of sp³-hybridized carbons (Fsp3) is 0.200. The second-order valence-electron chi connectivity index (χ2n) is 7.29. The highest BCUT2D eigenvalue weighted by molar-refractivity contribution is 7.15. The number of aromatic carboxylic acids is 1. The van der Waals surface area contributed by atoms with Crippen LogP contribution in [0.15, 0.2) is 42.5 Å².